The molecule has 5 rings (SSSR count). The number of benzene rings is 4. The van der Waals surface area contributed by atoms with E-state index >= 15 is 0 Å². The van der Waals surface area contributed by atoms with Gasteiger partial charge in [-0.25, -0.2) is 4.79 Å². The Morgan fingerprint density at radius 2 is 1.54 bits per heavy atom. The molecule has 186 valence electrons. The van der Waals surface area contributed by atoms with Gasteiger partial charge in [-0.3, -0.25) is 4.98 Å². The second kappa shape index (κ2) is 10.5. The number of carbonyl (C=O) groups is 1. The molecule has 0 aliphatic rings. The zero-order valence-corrected chi connectivity index (χ0v) is 20.8. The minimum Gasteiger partial charge on any atom is -0.493 e. The SMILES string of the molecule is COc1cc2nccc(Oc3ccc(NC(=O)NC(C)c4cccc5ccccc45)cc3)c2cc1OC. The number of pyridine rings is 1. The number of rotatable bonds is 7. The average molecular weight is 494 g/mol. The number of carbonyl (C=O) groups excluding carboxylic acids is 1. The fourth-order valence-corrected chi connectivity index (χ4v) is 4.34. The maximum Gasteiger partial charge on any atom is 0.319 e. The molecule has 0 aliphatic carbocycles. The molecule has 1 unspecified atom stereocenters. The van der Waals surface area contributed by atoms with Gasteiger partial charge in [0, 0.05) is 23.3 Å². The summed E-state index contributed by atoms with van der Waals surface area (Å²) in [5.74, 6) is 2.45. The molecule has 4 aromatic carbocycles. The van der Waals surface area contributed by atoms with E-state index in [2.05, 4.69) is 33.8 Å². The van der Waals surface area contributed by atoms with E-state index in [0.29, 0.717) is 28.7 Å². The van der Waals surface area contributed by atoms with Gasteiger partial charge in [-0.05, 0) is 59.7 Å². The van der Waals surface area contributed by atoms with Gasteiger partial charge >= 0.3 is 6.03 Å². The second-order valence-corrected chi connectivity index (χ2v) is 8.55. The number of urea groups is 1. The summed E-state index contributed by atoms with van der Waals surface area (Å²) < 4.78 is 16.9. The van der Waals surface area contributed by atoms with E-state index < -0.39 is 0 Å². The molecule has 0 aliphatic heterocycles. The van der Waals surface area contributed by atoms with Crippen LogP contribution in [0, 0.1) is 0 Å². The summed E-state index contributed by atoms with van der Waals surface area (Å²) in [6.45, 7) is 1.97. The van der Waals surface area contributed by atoms with Crippen LogP contribution in [0.5, 0.6) is 23.0 Å². The van der Waals surface area contributed by atoms with Gasteiger partial charge in [-0.1, -0.05) is 42.5 Å². The summed E-state index contributed by atoms with van der Waals surface area (Å²) in [6, 6.07) is 26.5. The fourth-order valence-electron chi connectivity index (χ4n) is 4.34. The van der Waals surface area contributed by atoms with E-state index in [1.54, 1.807) is 50.7 Å². The number of amides is 2. The lowest BCUT2D eigenvalue weighted by atomic mass is 10.00. The highest BCUT2D eigenvalue weighted by Gasteiger charge is 2.14. The summed E-state index contributed by atoms with van der Waals surface area (Å²) >= 11 is 0. The molecule has 0 bridgehead atoms. The van der Waals surface area contributed by atoms with Gasteiger partial charge in [0.05, 0.1) is 25.8 Å². The molecule has 2 amide bonds. The van der Waals surface area contributed by atoms with Gasteiger partial charge < -0.3 is 24.8 Å². The van der Waals surface area contributed by atoms with Crippen molar-refractivity contribution in [3.8, 4) is 23.0 Å². The maximum atomic E-state index is 12.7. The molecule has 2 N–H and O–H groups in total. The van der Waals surface area contributed by atoms with Crippen LogP contribution in [0.15, 0.2) is 91.1 Å². The Bertz CT molecular complexity index is 1560. The Balaban J connectivity index is 1.27. The summed E-state index contributed by atoms with van der Waals surface area (Å²) in [5.41, 5.74) is 2.45. The van der Waals surface area contributed by atoms with Crippen molar-refractivity contribution in [3.05, 3.63) is 96.7 Å². The highest BCUT2D eigenvalue weighted by molar-refractivity contribution is 5.91. The lowest BCUT2D eigenvalue weighted by molar-refractivity contribution is 0.249. The number of ether oxygens (including phenoxy) is 3. The monoisotopic (exact) mass is 493 g/mol. The molecule has 1 heterocycles. The van der Waals surface area contributed by atoms with E-state index in [4.69, 9.17) is 14.2 Å². The molecule has 0 saturated heterocycles. The molecule has 0 radical (unpaired) electrons. The summed E-state index contributed by atoms with van der Waals surface area (Å²) in [4.78, 5) is 17.1. The first-order chi connectivity index (χ1) is 18.1. The first-order valence-electron chi connectivity index (χ1n) is 11.9. The minimum absolute atomic E-state index is 0.163. The number of anilines is 1. The number of methoxy groups -OCH3 is 2. The predicted octanol–water partition coefficient (Wildman–Crippen LogP) is 7.08. The highest BCUT2D eigenvalue weighted by Crippen LogP contribution is 2.37. The summed E-state index contributed by atoms with van der Waals surface area (Å²) in [7, 11) is 3.18. The van der Waals surface area contributed by atoms with Gasteiger partial charge in [-0.2, -0.15) is 0 Å². The normalized spacial score (nSPS) is 11.6. The smallest absolute Gasteiger partial charge is 0.319 e. The van der Waals surface area contributed by atoms with E-state index in [0.717, 1.165) is 27.2 Å². The van der Waals surface area contributed by atoms with Crippen molar-refractivity contribution in [3.63, 3.8) is 0 Å². The van der Waals surface area contributed by atoms with Crippen LogP contribution in [0.2, 0.25) is 0 Å². The highest BCUT2D eigenvalue weighted by atomic mass is 16.5. The van der Waals surface area contributed by atoms with Crippen LogP contribution in [-0.4, -0.2) is 25.2 Å². The number of hydrogen-bond acceptors (Lipinski definition) is 5. The van der Waals surface area contributed by atoms with Gasteiger partial charge in [0.15, 0.2) is 11.5 Å². The molecule has 37 heavy (non-hydrogen) atoms. The Hall–Kier alpha value is -4.78. The van der Waals surface area contributed by atoms with Crippen LogP contribution in [0.25, 0.3) is 21.7 Å². The van der Waals surface area contributed by atoms with Crippen molar-refractivity contribution in [2.75, 3.05) is 19.5 Å². The lowest BCUT2D eigenvalue weighted by Crippen LogP contribution is -2.31. The van der Waals surface area contributed by atoms with E-state index in [-0.39, 0.29) is 12.1 Å². The number of hydrogen-bond donors (Lipinski definition) is 2. The van der Waals surface area contributed by atoms with Crippen LogP contribution < -0.4 is 24.8 Å². The molecule has 0 saturated carbocycles. The number of nitrogens with one attached hydrogen (secondary N) is 2. The molecular formula is C30H27N3O4. The van der Waals surface area contributed by atoms with Crippen molar-refractivity contribution in [1.82, 2.24) is 10.3 Å². The quantitative estimate of drug-likeness (QED) is 0.253. The van der Waals surface area contributed by atoms with Gasteiger partial charge in [-0.15, -0.1) is 0 Å². The topological polar surface area (TPSA) is 81.7 Å². The van der Waals surface area contributed by atoms with Crippen LogP contribution in [0.4, 0.5) is 10.5 Å². The third-order valence-electron chi connectivity index (χ3n) is 6.18. The van der Waals surface area contributed by atoms with Crippen LogP contribution in [0.3, 0.4) is 0 Å². The Labute approximate surface area is 215 Å². The van der Waals surface area contributed by atoms with Crippen LogP contribution in [0.1, 0.15) is 18.5 Å². The van der Waals surface area contributed by atoms with E-state index in [1.807, 2.05) is 43.3 Å². The molecule has 7 heteroatoms. The van der Waals surface area contributed by atoms with E-state index in [1.165, 1.54) is 0 Å². The molecular weight excluding hydrogens is 466 g/mol. The van der Waals surface area contributed by atoms with Gasteiger partial charge in [0.1, 0.15) is 11.5 Å². The molecule has 5 aromatic rings. The fraction of sp³-hybridized carbons (Fsp3) is 0.133. The molecule has 1 atom stereocenters. The minimum atomic E-state index is -0.282. The number of nitrogens with zero attached hydrogens (tertiary/aromatic N) is 1. The van der Waals surface area contributed by atoms with E-state index in [9.17, 15) is 4.79 Å². The summed E-state index contributed by atoms with van der Waals surface area (Å²) in [5, 5.41) is 8.98. The Kier molecular flexibility index (Phi) is 6.76. The van der Waals surface area contributed by atoms with Crippen molar-refractivity contribution >= 4 is 33.4 Å². The zero-order chi connectivity index (χ0) is 25.8. The molecule has 7 nitrogen and oxygen atoms in total. The van der Waals surface area contributed by atoms with Crippen LogP contribution in [-0.2, 0) is 0 Å². The molecule has 0 fully saturated rings. The molecule has 0 spiro atoms. The first-order valence-corrected chi connectivity index (χ1v) is 11.9. The maximum absolute atomic E-state index is 12.7. The van der Waals surface area contributed by atoms with Crippen LogP contribution >= 0.6 is 0 Å². The Morgan fingerprint density at radius 3 is 2.32 bits per heavy atom. The lowest BCUT2D eigenvalue weighted by Gasteiger charge is -2.17. The first kappa shape index (κ1) is 23.9. The standard InChI is InChI=1S/C30H27N3O4/c1-19(23-10-6-8-20-7-4-5-9-24(20)23)32-30(34)33-21-11-13-22(14-12-21)37-27-15-16-31-26-18-29(36-3)28(35-2)17-25(26)27/h4-19H,1-3H3,(H2,32,33,34). The Morgan fingerprint density at radius 1 is 0.811 bits per heavy atom. The molecule has 1 aromatic heterocycles. The number of fused-ring (bicyclic) bond motifs is 2. The predicted molar refractivity (Wildman–Crippen MR) is 146 cm³/mol. The largest absolute Gasteiger partial charge is 0.493 e. The third-order valence-corrected chi connectivity index (χ3v) is 6.18. The third kappa shape index (κ3) is 5.11. The van der Waals surface area contributed by atoms with Gasteiger partial charge in [0.25, 0.3) is 0 Å². The second-order valence-electron chi connectivity index (χ2n) is 8.55. The zero-order valence-electron chi connectivity index (χ0n) is 20.8. The summed E-state index contributed by atoms with van der Waals surface area (Å²) in [6.07, 6.45) is 1.68. The van der Waals surface area contributed by atoms with Crippen molar-refractivity contribution in [2.45, 2.75) is 13.0 Å². The van der Waals surface area contributed by atoms with Crippen molar-refractivity contribution in [2.24, 2.45) is 0 Å². The van der Waals surface area contributed by atoms with Crippen molar-refractivity contribution in [1.29, 1.82) is 0 Å². The van der Waals surface area contributed by atoms with Crippen molar-refractivity contribution < 1.29 is 19.0 Å². The average Bonchev–Trinajstić information content (AvgIpc) is 2.93. The number of aromatic nitrogens is 1. The van der Waals surface area contributed by atoms with Gasteiger partial charge in [0.2, 0.25) is 0 Å².